The minimum absolute atomic E-state index is 0.285. The number of amides is 1. The molecule has 1 N–H and O–H groups in total. The van der Waals surface area contributed by atoms with Crippen molar-refractivity contribution in [1.29, 1.82) is 0 Å². The zero-order valence-electron chi connectivity index (χ0n) is 11.9. The Morgan fingerprint density at radius 2 is 1.90 bits per heavy atom. The Kier molecular flexibility index (Phi) is 3.92. The summed E-state index contributed by atoms with van der Waals surface area (Å²) in [6.07, 6.45) is 1.90. The van der Waals surface area contributed by atoms with Crippen LogP contribution in [0.25, 0.3) is 0 Å². The molecule has 0 bridgehead atoms. The van der Waals surface area contributed by atoms with Crippen molar-refractivity contribution < 1.29 is 9.53 Å². The van der Waals surface area contributed by atoms with E-state index in [1.165, 1.54) is 13.1 Å². The molecule has 1 amide bonds. The van der Waals surface area contributed by atoms with Gasteiger partial charge >= 0.3 is 6.09 Å². The van der Waals surface area contributed by atoms with Crippen LogP contribution < -0.4 is 5.32 Å². The van der Waals surface area contributed by atoms with Gasteiger partial charge in [-0.15, -0.1) is 0 Å². The quantitative estimate of drug-likeness (QED) is 0.919. The fourth-order valence-electron chi connectivity index (χ4n) is 3.58. The monoisotopic (exact) mass is 274 g/mol. The number of nitrogens with one attached hydrogen (secondary N) is 1. The normalized spacial score (nSPS) is 29.1. The fourth-order valence-corrected chi connectivity index (χ4v) is 3.58. The number of carbonyl (C=O) groups is 1. The SMILES string of the molecule is CN1C[C@H]2CC(NC(=O)OCc3ccccc3)C[C@H]2C1. The molecule has 108 valence electrons. The first-order chi connectivity index (χ1) is 9.70. The van der Waals surface area contributed by atoms with E-state index in [0.29, 0.717) is 12.6 Å². The number of nitrogens with zero attached hydrogens (tertiary/aromatic N) is 1. The summed E-state index contributed by atoms with van der Waals surface area (Å²) in [5.74, 6) is 1.50. The molecule has 0 aromatic heterocycles. The standard InChI is InChI=1S/C16H22N2O2/c1-18-9-13-7-15(8-14(13)10-18)17-16(19)20-11-12-5-3-2-4-6-12/h2-6,13-15H,7-11H2,1H3,(H,17,19)/t13-,14+,15?. The van der Waals surface area contributed by atoms with Crippen molar-refractivity contribution in [2.45, 2.75) is 25.5 Å². The highest BCUT2D eigenvalue weighted by molar-refractivity contribution is 5.67. The van der Waals surface area contributed by atoms with E-state index in [-0.39, 0.29) is 6.09 Å². The van der Waals surface area contributed by atoms with Crippen LogP contribution in [0.1, 0.15) is 18.4 Å². The van der Waals surface area contributed by atoms with Gasteiger partial charge < -0.3 is 15.0 Å². The molecule has 2 aliphatic rings. The van der Waals surface area contributed by atoms with Crippen LogP contribution in [-0.2, 0) is 11.3 Å². The molecule has 1 aromatic rings. The van der Waals surface area contributed by atoms with Crippen molar-refractivity contribution >= 4 is 6.09 Å². The van der Waals surface area contributed by atoms with E-state index in [4.69, 9.17) is 4.74 Å². The van der Waals surface area contributed by atoms with Crippen molar-refractivity contribution in [3.05, 3.63) is 35.9 Å². The summed E-state index contributed by atoms with van der Waals surface area (Å²) in [7, 11) is 2.18. The van der Waals surface area contributed by atoms with Crippen LogP contribution in [-0.4, -0.2) is 37.2 Å². The van der Waals surface area contributed by atoms with E-state index in [1.54, 1.807) is 0 Å². The first-order valence-corrected chi connectivity index (χ1v) is 7.36. The average Bonchev–Trinajstić information content (AvgIpc) is 2.94. The van der Waals surface area contributed by atoms with Crippen LogP contribution in [0.3, 0.4) is 0 Å². The molecule has 2 fully saturated rings. The van der Waals surface area contributed by atoms with Crippen molar-refractivity contribution in [2.75, 3.05) is 20.1 Å². The Morgan fingerprint density at radius 1 is 1.25 bits per heavy atom. The second-order valence-corrected chi connectivity index (χ2v) is 6.12. The van der Waals surface area contributed by atoms with Crippen molar-refractivity contribution in [3.8, 4) is 0 Å². The van der Waals surface area contributed by atoms with Gasteiger partial charge in [0.1, 0.15) is 6.61 Å². The second kappa shape index (κ2) is 5.83. The number of rotatable bonds is 3. The largest absolute Gasteiger partial charge is 0.445 e. The zero-order chi connectivity index (χ0) is 13.9. The smallest absolute Gasteiger partial charge is 0.407 e. The molecule has 1 aliphatic heterocycles. The Bertz CT molecular complexity index is 449. The lowest BCUT2D eigenvalue weighted by atomic mass is 10.0. The van der Waals surface area contributed by atoms with Gasteiger partial charge in [0, 0.05) is 19.1 Å². The van der Waals surface area contributed by atoms with Crippen LogP contribution in [0.4, 0.5) is 4.79 Å². The molecule has 1 aliphatic carbocycles. The van der Waals surface area contributed by atoms with Gasteiger partial charge in [0.2, 0.25) is 0 Å². The number of carbonyl (C=O) groups excluding carboxylic acids is 1. The maximum atomic E-state index is 11.8. The number of benzene rings is 1. The summed E-state index contributed by atoms with van der Waals surface area (Å²) in [6, 6.07) is 10.1. The highest BCUT2D eigenvalue weighted by Crippen LogP contribution is 2.37. The summed E-state index contributed by atoms with van der Waals surface area (Å²) >= 11 is 0. The van der Waals surface area contributed by atoms with E-state index >= 15 is 0 Å². The molecular formula is C16H22N2O2. The molecule has 1 aromatic carbocycles. The molecule has 1 saturated carbocycles. The van der Waals surface area contributed by atoms with E-state index in [2.05, 4.69) is 17.3 Å². The lowest BCUT2D eigenvalue weighted by Gasteiger charge is -2.16. The van der Waals surface area contributed by atoms with Crippen LogP contribution in [0.15, 0.2) is 30.3 Å². The van der Waals surface area contributed by atoms with Gasteiger partial charge in [-0.2, -0.15) is 0 Å². The number of fused-ring (bicyclic) bond motifs is 1. The molecule has 0 radical (unpaired) electrons. The minimum Gasteiger partial charge on any atom is -0.445 e. The molecule has 1 unspecified atom stereocenters. The summed E-state index contributed by atoms with van der Waals surface area (Å²) in [5, 5.41) is 3.01. The molecule has 1 heterocycles. The summed E-state index contributed by atoms with van der Waals surface area (Å²) in [6.45, 7) is 2.68. The highest BCUT2D eigenvalue weighted by atomic mass is 16.5. The lowest BCUT2D eigenvalue weighted by Crippen LogP contribution is -2.34. The Labute approximate surface area is 120 Å². The number of likely N-dealkylation sites (tertiary alicyclic amines) is 1. The number of ether oxygens (including phenoxy) is 1. The molecular weight excluding hydrogens is 252 g/mol. The minimum atomic E-state index is -0.285. The van der Waals surface area contributed by atoms with E-state index in [0.717, 1.165) is 30.2 Å². The molecule has 4 heteroatoms. The maximum Gasteiger partial charge on any atom is 0.407 e. The maximum absolute atomic E-state index is 11.8. The Balaban J connectivity index is 1.42. The van der Waals surface area contributed by atoms with E-state index < -0.39 is 0 Å². The molecule has 0 spiro atoms. The predicted octanol–water partition coefficient (Wildman–Crippen LogP) is 2.25. The zero-order valence-corrected chi connectivity index (χ0v) is 11.9. The summed E-state index contributed by atoms with van der Waals surface area (Å²) < 4.78 is 5.27. The van der Waals surface area contributed by atoms with Crippen molar-refractivity contribution in [3.63, 3.8) is 0 Å². The van der Waals surface area contributed by atoms with Gasteiger partial charge in [-0.1, -0.05) is 30.3 Å². The molecule has 3 rings (SSSR count). The summed E-state index contributed by atoms with van der Waals surface area (Å²) in [5.41, 5.74) is 1.02. The first kappa shape index (κ1) is 13.4. The van der Waals surface area contributed by atoms with Crippen LogP contribution >= 0.6 is 0 Å². The Hall–Kier alpha value is -1.55. The first-order valence-electron chi connectivity index (χ1n) is 7.36. The predicted molar refractivity (Wildman–Crippen MR) is 77.3 cm³/mol. The van der Waals surface area contributed by atoms with Gasteiger partial charge in [0.15, 0.2) is 0 Å². The molecule has 4 nitrogen and oxygen atoms in total. The molecule has 3 atom stereocenters. The number of alkyl carbamates (subject to hydrolysis) is 1. The topological polar surface area (TPSA) is 41.6 Å². The number of hydrogen-bond donors (Lipinski definition) is 1. The third kappa shape index (κ3) is 3.12. The third-order valence-corrected chi connectivity index (χ3v) is 4.47. The average molecular weight is 274 g/mol. The number of hydrogen-bond acceptors (Lipinski definition) is 3. The second-order valence-electron chi connectivity index (χ2n) is 6.12. The van der Waals surface area contributed by atoms with Crippen LogP contribution in [0.2, 0.25) is 0 Å². The molecule has 20 heavy (non-hydrogen) atoms. The summed E-state index contributed by atoms with van der Waals surface area (Å²) in [4.78, 5) is 14.2. The third-order valence-electron chi connectivity index (χ3n) is 4.47. The van der Waals surface area contributed by atoms with Crippen LogP contribution in [0, 0.1) is 11.8 Å². The molecule has 1 saturated heterocycles. The lowest BCUT2D eigenvalue weighted by molar-refractivity contribution is 0.135. The van der Waals surface area contributed by atoms with Gasteiger partial charge in [0.05, 0.1) is 0 Å². The highest BCUT2D eigenvalue weighted by Gasteiger charge is 2.40. The van der Waals surface area contributed by atoms with Crippen molar-refractivity contribution in [1.82, 2.24) is 10.2 Å². The Morgan fingerprint density at radius 3 is 2.55 bits per heavy atom. The van der Waals surface area contributed by atoms with Gasteiger partial charge in [0.25, 0.3) is 0 Å². The van der Waals surface area contributed by atoms with Gasteiger partial charge in [-0.25, -0.2) is 4.79 Å². The van der Waals surface area contributed by atoms with Gasteiger partial charge in [-0.3, -0.25) is 0 Å². The fraction of sp³-hybridized carbons (Fsp3) is 0.562. The van der Waals surface area contributed by atoms with E-state index in [9.17, 15) is 4.79 Å². The van der Waals surface area contributed by atoms with Crippen molar-refractivity contribution in [2.24, 2.45) is 11.8 Å². The van der Waals surface area contributed by atoms with E-state index in [1.807, 2.05) is 30.3 Å². The van der Waals surface area contributed by atoms with Gasteiger partial charge in [-0.05, 0) is 37.3 Å². The van der Waals surface area contributed by atoms with Crippen LogP contribution in [0.5, 0.6) is 0 Å².